The van der Waals surface area contributed by atoms with Crippen LogP contribution in [0.5, 0.6) is 0 Å². The highest BCUT2D eigenvalue weighted by molar-refractivity contribution is 7.80. The van der Waals surface area contributed by atoms with Gasteiger partial charge in [-0.3, -0.25) is 9.59 Å². The van der Waals surface area contributed by atoms with Gasteiger partial charge in [0.05, 0.1) is 12.2 Å². The first-order chi connectivity index (χ1) is 11.0. The van der Waals surface area contributed by atoms with Crippen molar-refractivity contribution in [3.63, 3.8) is 0 Å². The fraction of sp³-hybridized carbons (Fsp3) is 0.357. The minimum atomic E-state index is -1.09. The molecular formula is C14H15N3O4S2. The monoisotopic (exact) mass is 353 g/mol. The summed E-state index contributed by atoms with van der Waals surface area (Å²) in [6.45, 7) is 3.93. The Morgan fingerprint density at radius 1 is 1.39 bits per heavy atom. The summed E-state index contributed by atoms with van der Waals surface area (Å²) in [6.07, 6.45) is 1.95. The largest absolute Gasteiger partial charge is 0.462 e. The van der Waals surface area contributed by atoms with Gasteiger partial charge in [-0.1, -0.05) is 6.92 Å². The number of carbonyl (C=O) groups excluding carboxylic acids is 3. The number of aryl methyl sites for hydroxylation is 1. The maximum Gasteiger partial charge on any atom is 0.341 e. The number of carbonyl (C=O) groups is 3. The van der Waals surface area contributed by atoms with Crippen molar-refractivity contribution in [1.82, 2.24) is 10.6 Å². The number of rotatable bonds is 5. The highest BCUT2D eigenvalue weighted by Crippen LogP contribution is 2.32. The lowest BCUT2D eigenvalue weighted by atomic mass is 10.1. The van der Waals surface area contributed by atoms with Gasteiger partial charge in [0.2, 0.25) is 11.8 Å². The van der Waals surface area contributed by atoms with Crippen molar-refractivity contribution in [3.05, 3.63) is 16.5 Å². The standard InChI is InChI=1S/C14H15N3O4S2/c1-3-7-5-8(13(20)21-4-2)12(23-7)15-6-9-10(18)16-14(22)17-11(9)19/h5-6,9H,3-4H2,1-2H3,(H2,16,17,18,19,22). The molecule has 0 atom stereocenters. The lowest BCUT2D eigenvalue weighted by Gasteiger charge is -2.19. The highest BCUT2D eigenvalue weighted by atomic mass is 32.1. The number of thiocarbonyl (C=S) groups is 1. The fourth-order valence-corrected chi connectivity index (χ4v) is 3.00. The van der Waals surface area contributed by atoms with Crippen LogP contribution in [0.25, 0.3) is 0 Å². The van der Waals surface area contributed by atoms with E-state index in [0.717, 1.165) is 11.3 Å². The molecule has 0 spiro atoms. The molecule has 9 heteroatoms. The van der Waals surface area contributed by atoms with Crippen LogP contribution in [0.3, 0.4) is 0 Å². The number of thiophene rings is 1. The molecule has 2 amide bonds. The van der Waals surface area contributed by atoms with E-state index in [1.54, 1.807) is 13.0 Å². The van der Waals surface area contributed by atoms with Crippen molar-refractivity contribution in [1.29, 1.82) is 0 Å². The fourth-order valence-electron chi connectivity index (χ4n) is 1.86. The van der Waals surface area contributed by atoms with E-state index in [0.29, 0.717) is 10.6 Å². The van der Waals surface area contributed by atoms with Crippen molar-refractivity contribution in [2.75, 3.05) is 6.61 Å². The number of nitrogens with zero attached hydrogens (tertiary/aromatic N) is 1. The molecule has 0 unspecified atom stereocenters. The van der Waals surface area contributed by atoms with Crippen molar-refractivity contribution < 1.29 is 19.1 Å². The van der Waals surface area contributed by atoms with Gasteiger partial charge in [0.25, 0.3) is 0 Å². The number of amides is 2. The highest BCUT2D eigenvalue weighted by Gasteiger charge is 2.31. The average molecular weight is 353 g/mol. The summed E-state index contributed by atoms with van der Waals surface area (Å²) in [5.74, 6) is -2.67. The third kappa shape index (κ3) is 3.99. The van der Waals surface area contributed by atoms with Gasteiger partial charge in [0, 0.05) is 11.1 Å². The molecule has 1 fully saturated rings. The Morgan fingerprint density at radius 2 is 2.04 bits per heavy atom. The average Bonchev–Trinajstić information content (AvgIpc) is 2.90. The first kappa shape index (κ1) is 17.2. The quantitative estimate of drug-likeness (QED) is 0.360. The molecular weight excluding hydrogens is 338 g/mol. The predicted octanol–water partition coefficient (Wildman–Crippen LogP) is 1.34. The number of aliphatic imine (C=N–C) groups is 1. The van der Waals surface area contributed by atoms with Gasteiger partial charge in [0.15, 0.2) is 11.0 Å². The van der Waals surface area contributed by atoms with Crippen LogP contribution in [-0.4, -0.2) is 35.7 Å². The zero-order valence-corrected chi connectivity index (χ0v) is 14.2. The Labute approximate surface area is 142 Å². The summed E-state index contributed by atoms with van der Waals surface area (Å²) < 4.78 is 4.99. The molecule has 23 heavy (non-hydrogen) atoms. The van der Waals surface area contributed by atoms with Gasteiger partial charge in [-0.2, -0.15) is 0 Å². The van der Waals surface area contributed by atoms with Crippen molar-refractivity contribution in [2.45, 2.75) is 20.3 Å². The molecule has 1 aromatic rings. The lowest BCUT2D eigenvalue weighted by Crippen LogP contribution is -2.56. The first-order valence-electron chi connectivity index (χ1n) is 6.96. The summed E-state index contributed by atoms with van der Waals surface area (Å²) in [5, 5.41) is 5.09. The summed E-state index contributed by atoms with van der Waals surface area (Å²) in [4.78, 5) is 40.6. The zero-order chi connectivity index (χ0) is 17.0. The van der Waals surface area contributed by atoms with Crippen LogP contribution in [0.2, 0.25) is 0 Å². The molecule has 0 aromatic carbocycles. The SMILES string of the molecule is CCOC(=O)c1cc(CC)sc1N=CC1C(=O)NC(=S)NC1=O. The third-order valence-electron chi connectivity index (χ3n) is 2.99. The minimum Gasteiger partial charge on any atom is -0.462 e. The van der Waals surface area contributed by atoms with E-state index in [1.807, 2.05) is 6.92 Å². The van der Waals surface area contributed by atoms with Crippen LogP contribution in [-0.2, 0) is 20.7 Å². The Bertz CT molecular complexity index is 676. The van der Waals surface area contributed by atoms with Gasteiger partial charge in [0.1, 0.15) is 5.00 Å². The molecule has 0 saturated carbocycles. The Hall–Kier alpha value is -2.13. The van der Waals surface area contributed by atoms with E-state index in [-0.39, 0.29) is 11.7 Å². The van der Waals surface area contributed by atoms with Crippen molar-refractivity contribution in [2.24, 2.45) is 10.9 Å². The summed E-state index contributed by atoms with van der Waals surface area (Å²) in [5.41, 5.74) is 0.331. The molecule has 1 aromatic heterocycles. The Balaban J connectivity index is 2.26. The van der Waals surface area contributed by atoms with Crippen molar-refractivity contribution in [3.8, 4) is 0 Å². The molecule has 0 aliphatic carbocycles. The van der Waals surface area contributed by atoms with Gasteiger partial charge < -0.3 is 15.4 Å². The second-order valence-corrected chi connectivity index (χ2v) is 6.09. The van der Waals surface area contributed by atoms with Gasteiger partial charge in [-0.05, 0) is 31.6 Å². The molecule has 2 N–H and O–H groups in total. The molecule has 1 saturated heterocycles. The Morgan fingerprint density at radius 3 is 2.61 bits per heavy atom. The smallest absolute Gasteiger partial charge is 0.341 e. The van der Waals surface area contributed by atoms with Crippen LogP contribution in [0.1, 0.15) is 29.1 Å². The maximum absolute atomic E-state index is 12.0. The van der Waals surface area contributed by atoms with Crippen LogP contribution < -0.4 is 10.6 Å². The van der Waals surface area contributed by atoms with Gasteiger partial charge >= 0.3 is 5.97 Å². The first-order valence-corrected chi connectivity index (χ1v) is 8.18. The van der Waals surface area contributed by atoms with Crippen molar-refractivity contribution >= 4 is 57.7 Å². The normalized spacial score (nSPS) is 15.7. The molecule has 7 nitrogen and oxygen atoms in total. The topological polar surface area (TPSA) is 96.9 Å². The number of hydrogen-bond acceptors (Lipinski definition) is 7. The van der Waals surface area contributed by atoms with E-state index < -0.39 is 23.7 Å². The Kier molecular flexibility index (Phi) is 5.56. The molecule has 0 bridgehead atoms. The second-order valence-electron chi connectivity index (χ2n) is 4.57. The van der Waals surface area contributed by atoms with Crippen LogP contribution in [0.4, 0.5) is 5.00 Å². The number of esters is 1. The lowest BCUT2D eigenvalue weighted by molar-refractivity contribution is -0.131. The van der Waals surface area contributed by atoms with Crippen LogP contribution in [0.15, 0.2) is 11.1 Å². The van der Waals surface area contributed by atoms with E-state index >= 15 is 0 Å². The van der Waals surface area contributed by atoms with E-state index in [9.17, 15) is 14.4 Å². The van der Waals surface area contributed by atoms with E-state index in [4.69, 9.17) is 17.0 Å². The number of hydrogen-bond donors (Lipinski definition) is 2. The predicted molar refractivity (Wildman–Crippen MR) is 90.2 cm³/mol. The second kappa shape index (κ2) is 7.42. The molecule has 122 valence electrons. The maximum atomic E-state index is 12.0. The molecule has 0 radical (unpaired) electrons. The molecule has 2 rings (SSSR count). The summed E-state index contributed by atoms with van der Waals surface area (Å²) in [6, 6.07) is 1.71. The summed E-state index contributed by atoms with van der Waals surface area (Å²) >= 11 is 6.04. The van der Waals surface area contributed by atoms with E-state index in [2.05, 4.69) is 15.6 Å². The van der Waals surface area contributed by atoms with Crippen LogP contribution in [0, 0.1) is 5.92 Å². The van der Waals surface area contributed by atoms with Crippen LogP contribution >= 0.6 is 23.6 Å². The third-order valence-corrected chi connectivity index (χ3v) is 4.38. The molecule has 1 aliphatic rings. The number of ether oxygens (including phenoxy) is 1. The summed E-state index contributed by atoms with van der Waals surface area (Å²) in [7, 11) is 0. The molecule has 1 aliphatic heterocycles. The molecule has 2 heterocycles. The zero-order valence-electron chi connectivity index (χ0n) is 12.5. The van der Waals surface area contributed by atoms with Gasteiger partial charge in [-0.15, -0.1) is 11.3 Å². The van der Waals surface area contributed by atoms with Gasteiger partial charge in [-0.25, -0.2) is 9.79 Å². The number of nitrogens with one attached hydrogen (secondary N) is 2. The van der Waals surface area contributed by atoms with E-state index in [1.165, 1.54) is 17.6 Å². The minimum absolute atomic E-state index is 0.0266.